The highest BCUT2D eigenvalue weighted by Gasteiger charge is 2.28. The summed E-state index contributed by atoms with van der Waals surface area (Å²) in [7, 11) is 0. The Morgan fingerprint density at radius 3 is 2.43 bits per heavy atom. The first-order valence-corrected chi connectivity index (χ1v) is 8.53. The van der Waals surface area contributed by atoms with Crippen LogP contribution in [-0.4, -0.2) is 23.4 Å². The standard InChI is InChI=1S/C17H27BrN2O/c1-5-11-20(17(21)16(19)12(3)6-2)13(4)14-9-7-8-10-15(14)18/h7-10,12-13,16H,5-6,11,19H2,1-4H3/t12-,13?,16-/m0/s1. The molecule has 4 heteroatoms. The summed E-state index contributed by atoms with van der Waals surface area (Å²) in [5.74, 6) is 0.248. The van der Waals surface area contributed by atoms with Crippen LogP contribution in [0.2, 0.25) is 0 Å². The van der Waals surface area contributed by atoms with Gasteiger partial charge in [-0.3, -0.25) is 4.79 Å². The highest BCUT2D eigenvalue weighted by Crippen LogP contribution is 2.28. The summed E-state index contributed by atoms with van der Waals surface area (Å²) in [4.78, 5) is 14.7. The van der Waals surface area contributed by atoms with Gasteiger partial charge in [-0.25, -0.2) is 0 Å². The molecule has 1 aromatic rings. The van der Waals surface area contributed by atoms with E-state index in [1.807, 2.05) is 30.0 Å². The second-order valence-electron chi connectivity index (χ2n) is 5.64. The molecule has 2 N–H and O–H groups in total. The van der Waals surface area contributed by atoms with Crippen LogP contribution in [0.4, 0.5) is 0 Å². The maximum atomic E-state index is 12.7. The van der Waals surface area contributed by atoms with Gasteiger partial charge in [0.1, 0.15) is 0 Å². The summed E-state index contributed by atoms with van der Waals surface area (Å²) in [6, 6.07) is 7.64. The normalized spacial score (nSPS) is 15.3. The Labute approximate surface area is 137 Å². The van der Waals surface area contributed by atoms with Gasteiger partial charge in [-0.05, 0) is 30.9 Å². The van der Waals surface area contributed by atoms with Gasteiger partial charge in [0.2, 0.25) is 5.91 Å². The Kier molecular flexibility index (Phi) is 7.40. The zero-order chi connectivity index (χ0) is 16.0. The lowest BCUT2D eigenvalue weighted by Crippen LogP contribution is -2.48. The molecule has 1 unspecified atom stereocenters. The third-order valence-electron chi connectivity index (χ3n) is 4.11. The molecular weight excluding hydrogens is 328 g/mol. The summed E-state index contributed by atoms with van der Waals surface area (Å²) in [6.45, 7) is 8.99. The van der Waals surface area contributed by atoms with Crippen molar-refractivity contribution in [2.24, 2.45) is 11.7 Å². The largest absolute Gasteiger partial charge is 0.335 e. The molecular formula is C17H27BrN2O. The molecule has 0 aliphatic carbocycles. The van der Waals surface area contributed by atoms with Gasteiger partial charge in [0.25, 0.3) is 0 Å². The number of carbonyl (C=O) groups is 1. The lowest BCUT2D eigenvalue weighted by molar-refractivity contribution is -0.136. The molecule has 0 saturated heterocycles. The van der Waals surface area contributed by atoms with Crippen molar-refractivity contribution in [2.45, 2.75) is 52.6 Å². The number of carbonyl (C=O) groups excluding carboxylic acids is 1. The average Bonchev–Trinajstić information content (AvgIpc) is 2.50. The molecule has 3 atom stereocenters. The monoisotopic (exact) mass is 354 g/mol. The van der Waals surface area contributed by atoms with E-state index in [0.29, 0.717) is 0 Å². The maximum Gasteiger partial charge on any atom is 0.240 e. The molecule has 0 saturated carbocycles. The molecule has 118 valence electrons. The van der Waals surface area contributed by atoms with Crippen LogP contribution in [-0.2, 0) is 4.79 Å². The zero-order valence-corrected chi connectivity index (χ0v) is 15.1. The van der Waals surface area contributed by atoms with Crippen LogP contribution in [0.5, 0.6) is 0 Å². The first kappa shape index (κ1) is 18.2. The molecule has 1 rings (SSSR count). The SMILES string of the molecule is CCCN(C(=O)[C@@H](N)[C@@H](C)CC)C(C)c1ccccc1Br. The van der Waals surface area contributed by atoms with Gasteiger partial charge in [0, 0.05) is 11.0 Å². The highest BCUT2D eigenvalue weighted by molar-refractivity contribution is 9.10. The molecule has 21 heavy (non-hydrogen) atoms. The number of hydrogen-bond donors (Lipinski definition) is 1. The minimum Gasteiger partial charge on any atom is -0.335 e. The van der Waals surface area contributed by atoms with Crippen molar-refractivity contribution in [2.75, 3.05) is 6.54 Å². The fourth-order valence-corrected chi connectivity index (χ4v) is 3.02. The quantitative estimate of drug-likeness (QED) is 0.800. The Morgan fingerprint density at radius 1 is 1.29 bits per heavy atom. The Hall–Kier alpha value is -0.870. The summed E-state index contributed by atoms with van der Waals surface area (Å²) < 4.78 is 1.03. The molecule has 3 nitrogen and oxygen atoms in total. The average molecular weight is 355 g/mol. The molecule has 1 amide bonds. The number of hydrogen-bond acceptors (Lipinski definition) is 2. The summed E-state index contributed by atoms with van der Waals surface area (Å²) in [5.41, 5.74) is 7.27. The molecule has 0 heterocycles. The van der Waals surface area contributed by atoms with Crippen LogP contribution in [0.25, 0.3) is 0 Å². The highest BCUT2D eigenvalue weighted by atomic mass is 79.9. The molecule has 0 aliphatic rings. The molecule has 0 fully saturated rings. The first-order valence-electron chi connectivity index (χ1n) is 7.74. The van der Waals surface area contributed by atoms with E-state index in [0.717, 1.165) is 29.4 Å². The fraction of sp³-hybridized carbons (Fsp3) is 0.588. The van der Waals surface area contributed by atoms with Gasteiger partial charge in [0.05, 0.1) is 12.1 Å². The van der Waals surface area contributed by atoms with Crippen LogP contribution in [0.15, 0.2) is 28.7 Å². The third kappa shape index (κ3) is 4.55. The first-order chi connectivity index (χ1) is 9.93. The molecule has 0 spiro atoms. The third-order valence-corrected chi connectivity index (χ3v) is 4.83. The van der Waals surface area contributed by atoms with E-state index in [2.05, 4.69) is 42.8 Å². The predicted octanol–water partition coefficient (Wildman–Crippen LogP) is 4.12. The van der Waals surface area contributed by atoms with Gasteiger partial charge in [-0.1, -0.05) is 61.3 Å². The molecule has 0 aromatic heterocycles. The topological polar surface area (TPSA) is 46.3 Å². The van der Waals surface area contributed by atoms with E-state index in [4.69, 9.17) is 5.73 Å². The minimum absolute atomic E-state index is 0.0168. The molecule has 0 aliphatic heterocycles. The maximum absolute atomic E-state index is 12.7. The van der Waals surface area contributed by atoms with Crippen molar-refractivity contribution in [3.63, 3.8) is 0 Å². The van der Waals surface area contributed by atoms with Crippen LogP contribution in [0.3, 0.4) is 0 Å². The fourth-order valence-electron chi connectivity index (χ4n) is 2.41. The lowest BCUT2D eigenvalue weighted by atomic mass is 9.97. The van der Waals surface area contributed by atoms with Gasteiger partial charge >= 0.3 is 0 Å². The van der Waals surface area contributed by atoms with Gasteiger partial charge in [-0.2, -0.15) is 0 Å². The van der Waals surface area contributed by atoms with Crippen molar-refractivity contribution in [1.82, 2.24) is 4.90 Å². The summed E-state index contributed by atoms with van der Waals surface area (Å²) in [5, 5.41) is 0. The lowest BCUT2D eigenvalue weighted by Gasteiger charge is -2.33. The van der Waals surface area contributed by atoms with Gasteiger partial charge in [-0.15, -0.1) is 0 Å². The van der Waals surface area contributed by atoms with Crippen molar-refractivity contribution in [3.05, 3.63) is 34.3 Å². The number of halogens is 1. The Balaban J connectivity index is 3.00. The van der Waals surface area contributed by atoms with Crippen LogP contribution in [0, 0.1) is 5.92 Å². The summed E-state index contributed by atoms with van der Waals surface area (Å²) >= 11 is 3.58. The summed E-state index contributed by atoms with van der Waals surface area (Å²) in [6.07, 6.45) is 1.84. The van der Waals surface area contributed by atoms with E-state index in [-0.39, 0.29) is 17.9 Å². The molecule has 0 bridgehead atoms. The zero-order valence-electron chi connectivity index (χ0n) is 13.5. The van der Waals surface area contributed by atoms with E-state index >= 15 is 0 Å². The van der Waals surface area contributed by atoms with Crippen LogP contribution in [0.1, 0.15) is 52.1 Å². The number of amides is 1. The van der Waals surface area contributed by atoms with Gasteiger partial charge in [0.15, 0.2) is 0 Å². The van der Waals surface area contributed by atoms with E-state index in [9.17, 15) is 4.79 Å². The molecule has 0 radical (unpaired) electrons. The van der Waals surface area contributed by atoms with Crippen LogP contribution < -0.4 is 5.73 Å². The number of rotatable bonds is 7. The second-order valence-corrected chi connectivity index (χ2v) is 6.49. The van der Waals surface area contributed by atoms with Crippen LogP contribution >= 0.6 is 15.9 Å². The molecule has 1 aromatic carbocycles. The number of nitrogens with two attached hydrogens (primary N) is 1. The van der Waals surface area contributed by atoms with E-state index in [1.165, 1.54) is 0 Å². The minimum atomic E-state index is -0.425. The number of nitrogens with zero attached hydrogens (tertiary/aromatic N) is 1. The van der Waals surface area contributed by atoms with E-state index < -0.39 is 6.04 Å². The van der Waals surface area contributed by atoms with Crippen molar-refractivity contribution in [1.29, 1.82) is 0 Å². The Morgan fingerprint density at radius 2 is 1.90 bits per heavy atom. The van der Waals surface area contributed by atoms with Crippen molar-refractivity contribution >= 4 is 21.8 Å². The van der Waals surface area contributed by atoms with Gasteiger partial charge < -0.3 is 10.6 Å². The number of benzene rings is 1. The van der Waals surface area contributed by atoms with E-state index in [1.54, 1.807) is 0 Å². The smallest absolute Gasteiger partial charge is 0.240 e. The second kappa shape index (κ2) is 8.54. The Bertz CT molecular complexity index is 464. The van der Waals surface area contributed by atoms with Crippen molar-refractivity contribution < 1.29 is 4.79 Å². The predicted molar refractivity (Wildman–Crippen MR) is 92.0 cm³/mol. The van der Waals surface area contributed by atoms with Crippen molar-refractivity contribution in [3.8, 4) is 0 Å².